The molecule has 0 radical (unpaired) electrons. The third-order valence-electron chi connectivity index (χ3n) is 2.31. The molecule has 1 rings (SSSR count). The highest BCUT2D eigenvalue weighted by molar-refractivity contribution is 5.65. The van der Waals surface area contributed by atoms with Gasteiger partial charge in [-0.3, -0.25) is 0 Å². The normalized spacial score (nSPS) is 9.94. The zero-order chi connectivity index (χ0) is 12.0. The molecule has 16 heavy (non-hydrogen) atoms. The Balaban J connectivity index is 2.56. The van der Waals surface area contributed by atoms with Gasteiger partial charge in [0, 0.05) is 0 Å². The number of rotatable bonds is 4. The Morgan fingerprint density at radius 3 is 2.44 bits per heavy atom. The van der Waals surface area contributed by atoms with Gasteiger partial charge in [-0.25, -0.2) is 4.79 Å². The fourth-order valence-electron chi connectivity index (χ4n) is 1.37. The summed E-state index contributed by atoms with van der Waals surface area (Å²) < 4.78 is 10.1. The van der Waals surface area contributed by atoms with Gasteiger partial charge >= 0.3 is 6.16 Å². The molecule has 3 heteroatoms. The van der Waals surface area contributed by atoms with E-state index in [1.807, 2.05) is 39.0 Å². The van der Waals surface area contributed by atoms with E-state index in [2.05, 4.69) is 0 Å². The van der Waals surface area contributed by atoms with Crippen LogP contribution in [0.4, 0.5) is 4.79 Å². The Kier molecular flexibility index (Phi) is 4.83. The fraction of sp³-hybridized carbons (Fsp3) is 0.462. The molecule has 0 aliphatic rings. The van der Waals surface area contributed by atoms with Crippen LogP contribution in [-0.4, -0.2) is 12.8 Å². The maximum absolute atomic E-state index is 11.3. The summed E-state index contributed by atoms with van der Waals surface area (Å²) >= 11 is 0. The molecular formula is C13H18O3. The van der Waals surface area contributed by atoms with E-state index in [0.29, 0.717) is 12.4 Å². The summed E-state index contributed by atoms with van der Waals surface area (Å²) in [5, 5.41) is 0. The zero-order valence-corrected chi connectivity index (χ0v) is 10.1. The largest absolute Gasteiger partial charge is 0.513 e. The van der Waals surface area contributed by atoms with Crippen molar-refractivity contribution in [1.82, 2.24) is 0 Å². The Labute approximate surface area is 96.4 Å². The van der Waals surface area contributed by atoms with Gasteiger partial charge in [-0.15, -0.1) is 0 Å². The van der Waals surface area contributed by atoms with E-state index in [0.717, 1.165) is 24.0 Å². The molecule has 3 nitrogen and oxygen atoms in total. The molecule has 1 aromatic carbocycles. The molecule has 0 amide bonds. The Morgan fingerprint density at radius 2 is 1.88 bits per heavy atom. The zero-order valence-electron chi connectivity index (χ0n) is 10.1. The second-order valence-corrected chi connectivity index (χ2v) is 3.78. The van der Waals surface area contributed by atoms with E-state index in [1.165, 1.54) is 0 Å². The minimum Gasteiger partial charge on any atom is -0.434 e. The summed E-state index contributed by atoms with van der Waals surface area (Å²) in [5.74, 6) is 0.601. The molecule has 0 fully saturated rings. The number of para-hydroxylation sites is 1. The van der Waals surface area contributed by atoms with Gasteiger partial charge in [0.15, 0.2) is 0 Å². The maximum Gasteiger partial charge on any atom is 0.513 e. The monoisotopic (exact) mass is 222 g/mol. The van der Waals surface area contributed by atoms with E-state index < -0.39 is 6.16 Å². The molecule has 0 aromatic heterocycles. The summed E-state index contributed by atoms with van der Waals surface area (Å²) in [6, 6.07) is 5.74. The maximum atomic E-state index is 11.3. The number of hydrogen-bond acceptors (Lipinski definition) is 3. The summed E-state index contributed by atoms with van der Waals surface area (Å²) in [4.78, 5) is 11.3. The van der Waals surface area contributed by atoms with Crippen molar-refractivity contribution in [2.24, 2.45) is 0 Å². The molecule has 0 N–H and O–H groups in total. The van der Waals surface area contributed by atoms with Gasteiger partial charge in [-0.05, 0) is 31.4 Å². The molecule has 0 aliphatic heterocycles. The van der Waals surface area contributed by atoms with E-state index in [-0.39, 0.29) is 0 Å². The van der Waals surface area contributed by atoms with Crippen molar-refractivity contribution in [3.8, 4) is 5.75 Å². The van der Waals surface area contributed by atoms with Crippen molar-refractivity contribution in [2.45, 2.75) is 33.6 Å². The third-order valence-corrected chi connectivity index (χ3v) is 2.31. The number of ether oxygens (including phenoxy) is 2. The van der Waals surface area contributed by atoms with Crippen molar-refractivity contribution in [2.75, 3.05) is 6.61 Å². The molecule has 88 valence electrons. The average molecular weight is 222 g/mol. The van der Waals surface area contributed by atoms with Crippen molar-refractivity contribution in [3.05, 3.63) is 29.3 Å². The lowest BCUT2D eigenvalue weighted by molar-refractivity contribution is 0.0973. The van der Waals surface area contributed by atoms with Gasteiger partial charge in [-0.1, -0.05) is 31.5 Å². The first kappa shape index (κ1) is 12.6. The molecule has 0 saturated carbocycles. The van der Waals surface area contributed by atoms with Crippen molar-refractivity contribution >= 4 is 6.16 Å². The highest BCUT2D eigenvalue weighted by Crippen LogP contribution is 2.22. The number of unbranched alkanes of at least 4 members (excludes halogenated alkanes) is 1. The van der Waals surface area contributed by atoms with Gasteiger partial charge in [0.25, 0.3) is 0 Å². The van der Waals surface area contributed by atoms with Crippen LogP contribution in [0.25, 0.3) is 0 Å². The van der Waals surface area contributed by atoms with Crippen LogP contribution in [-0.2, 0) is 4.74 Å². The van der Waals surface area contributed by atoms with Crippen molar-refractivity contribution in [1.29, 1.82) is 0 Å². The summed E-state index contributed by atoms with van der Waals surface area (Å²) in [6.07, 6.45) is 1.24. The van der Waals surface area contributed by atoms with Gasteiger partial charge < -0.3 is 9.47 Å². The first-order valence-electron chi connectivity index (χ1n) is 5.56. The van der Waals surface area contributed by atoms with Gasteiger partial charge in [0.05, 0.1) is 6.61 Å². The second kappa shape index (κ2) is 6.16. The van der Waals surface area contributed by atoms with Crippen LogP contribution < -0.4 is 4.74 Å². The van der Waals surface area contributed by atoms with E-state index in [4.69, 9.17) is 9.47 Å². The first-order chi connectivity index (χ1) is 7.65. The quantitative estimate of drug-likeness (QED) is 0.443. The van der Waals surface area contributed by atoms with Crippen LogP contribution in [0.3, 0.4) is 0 Å². The molecule has 0 bridgehead atoms. The van der Waals surface area contributed by atoms with E-state index in [9.17, 15) is 4.79 Å². The molecule has 0 atom stereocenters. The van der Waals surface area contributed by atoms with E-state index in [1.54, 1.807) is 0 Å². The SMILES string of the molecule is CCCCOC(=O)Oc1c(C)cccc1C. The van der Waals surface area contributed by atoms with Crippen molar-refractivity contribution in [3.63, 3.8) is 0 Å². The highest BCUT2D eigenvalue weighted by atomic mass is 16.7. The predicted octanol–water partition coefficient (Wildman–Crippen LogP) is 3.62. The number of aryl methyl sites for hydroxylation is 2. The number of carbonyl (C=O) groups is 1. The summed E-state index contributed by atoms with van der Waals surface area (Å²) in [6.45, 7) is 6.27. The van der Waals surface area contributed by atoms with Crippen LogP contribution in [0.5, 0.6) is 5.75 Å². The smallest absolute Gasteiger partial charge is 0.434 e. The van der Waals surface area contributed by atoms with Crippen LogP contribution in [0, 0.1) is 13.8 Å². The standard InChI is InChI=1S/C13H18O3/c1-4-5-9-15-13(14)16-12-10(2)7-6-8-11(12)3/h6-8H,4-5,9H2,1-3H3. The molecule has 0 aliphatic carbocycles. The van der Waals surface area contributed by atoms with Gasteiger partial charge in [-0.2, -0.15) is 0 Å². The minimum absolute atomic E-state index is 0.417. The van der Waals surface area contributed by atoms with Crippen LogP contribution >= 0.6 is 0 Å². The molecule has 0 spiro atoms. The van der Waals surface area contributed by atoms with Crippen molar-refractivity contribution < 1.29 is 14.3 Å². The summed E-state index contributed by atoms with van der Waals surface area (Å²) in [5.41, 5.74) is 1.87. The van der Waals surface area contributed by atoms with Crippen LogP contribution in [0.1, 0.15) is 30.9 Å². The Hall–Kier alpha value is -1.51. The average Bonchev–Trinajstić information content (AvgIpc) is 2.24. The lowest BCUT2D eigenvalue weighted by atomic mass is 10.1. The topological polar surface area (TPSA) is 35.5 Å². The Morgan fingerprint density at radius 1 is 1.25 bits per heavy atom. The summed E-state index contributed by atoms with van der Waals surface area (Å²) in [7, 11) is 0. The molecule has 1 aromatic rings. The third kappa shape index (κ3) is 3.57. The Bertz CT molecular complexity index is 338. The lowest BCUT2D eigenvalue weighted by Gasteiger charge is -2.10. The number of benzene rings is 1. The second-order valence-electron chi connectivity index (χ2n) is 3.78. The lowest BCUT2D eigenvalue weighted by Crippen LogP contribution is -2.12. The predicted molar refractivity (Wildman–Crippen MR) is 62.8 cm³/mol. The minimum atomic E-state index is -0.620. The fourth-order valence-corrected chi connectivity index (χ4v) is 1.37. The molecule has 0 heterocycles. The molecule has 0 unspecified atom stereocenters. The highest BCUT2D eigenvalue weighted by Gasteiger charge is 2.10. The van der Waals surface area contributed by atoms with Crippen LogP contribution in [0.15, 0.2) is 18.2 Å². The number of carbonyl (C=O) groups excluding carboxylic acids is 1. The molecule has 0 saturated heterocycles. The van der Waals surface area contributed by atoms with Crippen LogP contribution in [0.2, 0.25) is 0 Å². The van der Waals surface area contributed by atoms with E-state index >= 15 is 0 Å². The van der Waals surface area contributed by atoms with Gasteiger partial charge in [0.2, 0.25) is 0 Å². The number of hydrogen-bond donors (Lipinski definition) is 0. The first-order valence-corrected chi connectivity index (χ1v) is 5.56. The van der Waals surface area contributed by atoms with Gasteiger partial charge in [0.1, 0.15) is 5.75 Å². The molecular weight excluding hydrogens is 204 g/mol.